The van der Waals surface area contributed by atoms with Crippen molar-refractivity contribution in [2.24, 2.45) is 0 Å². The normalized spacial score (nSPS) is 20.9. The Morgan fingerprint density at radius 3 is 2.67 bits per heavy atom. The van der Waals surface area contributed by atoms with Gasteiger partial charge in [0.25, 0.3) is 0 Å². The summed E-state index contributed by atoms with van der Waals surface area (Å²) in [5, 5.41) is 3.18. The van der Waals surface area contributed by atoms with Gasteiger partial charge in [-0.05, 0) is 26.3 Å². The maximum absolute atomic E-state index is 12.1. The number of rotatable bonds is 6. The maximum Gasteiger partial charge on any atom is 0.322 e. The van der Waals surface area contributed by atoms with Crippen molar-refractivity contribution in [1.82, 2.24) is 9.62 Å². The number of sulfonamides is 1. The Morgan fingerprint density at radius 2 is 2.17 bits per heavy atom. The van der Waals surface area contributed by atoms with Crippen LogP contribution >= 0.6 is 0 Å². The lowest BCUT2D eigenvalue weighted by atomic mass is 10.1. The van der Waals surface area contributed by atoms with E-state index in [1.54, 1.807) is 13.8 Å². The average Bonchev–Trinajstić information content (AvgIpc) is 2.30. The SMILES string of the molecule is CCOC(=O)CS(=O)(=O)N(CC)C1CCCNC1. The molecule has 18 heavy (non-hydrogen) atoms. The molecule has 106 valence electrons. The van der Waals surface area contributed by atoms with Gasteiger partial charge in [-0.15, -0.1) is 0 Å². The number of piperidine rings is 1. The number of esters is 1. The predicted molar refractivity (Wildman–Crippen MR) is 68.7 cm³/mol. The van der Waals surface area contributed by atoms with Crippen LogP contribution in [0.15, 0.2) is 0 Å². The molecular weight excluding hydrogens is 256 g/mol. The van der Waals surface area contributed by atoms with Gasteiger partial charge in [-0.1, -0.05) is 6.92 Å². The summed E-state index contributed by atoms with van der Waals surface area (Å²) in [7, 11) is -3.57. The number of hydrogen-bond acceptors (Lipinski definition) is 5. The Kier molecular flexibility index (Phi) is 6.04. The van der Waals surface area contributed by atoms with Crippen molar-refractivity contribution in [1.29, 1.82) is 0 Å². The third-order valence-corrected chi connectivity index (χ3v) is 4.82. The zero-order valence-corrected chi connectivity index (χ0v) is 11.8. The Balaban J connectivity index is 2.69. The fraction of sp³-hybridized carbons (Fsp3) is 0.909. The van der Waals surface area contributed by atoms with E-state index in [0.717, 1.165) is 19.4 Å². The van der Waals surface area contributed by atoms with Crippen molar-refractivity contribution < 1.29 is 17.9 Å². The van der Waals surface area contributed by atoms with E-state index in [9.17, 15) is 13.2 Å². The molecule has 1 heterocycles. The van der Waals surface area contributed by atoms with E-state index in [0.29, 0.717) is 13.1 Å². The number of hydrogen-bond donors (Lipinski definition) is 1. The van der Waals surface area contributed by atoms with Crippen LogP contribution in [0.4, 0.5) is 0 Å². The summed E-state index contributed by atoms with van der Waals surface area (Å²) < 4.78 is 30.4. The van der Waals surface area contributed by atoms with Gasteiger partial charge in [-0.3, -0.25) is 4.79 Å². The first kappa shape index (κ1) is 15.4. The number of ether oxygens (including phenoxy) is 1. The molecule has 0 aromatic heterocycles. The molecule has 1 aliphatic heterocycles. The van der Waals surface area contributed by atoms with Gasteiger partial charge in [-0.25, -0.2) is 8.42 Å². The molecule has 6 nitrogen and oxygen atoms in total. The monoisotopic (exact) mass is 278 g/mol. The van der Waals surface area contributed by atoms with Crippen LogP contribution in [0.5, 0.6) is 0 Å². The van der Waals surface area contributed by atoms with Crippen molar-refractivity contribution in [2.45, 2.75) is 32.7 Å². The van der Waals surface area contributed by atoms with Crippen molar-refractivity contribution in [2.75, 3.05) is 32.0 Å². The number of carbonyl (C=O) groups excluding carboxylic acids is 1. The highest BCUT2D eigenvalue weighted by atomic mass is 32.2. The molecule has 1 saturated heterocycles. The van der Waals surface area contributed by atoms with Crippen molar-refractivity contribution in [3.63, 3.8) is 0 Å². The smallest absolute Gasteiger partial charge is 0.322 e. The number of nitrogens with one attached hydrogen (secondary N) is 1. The molecule has 0 aromatic carbocycles. The molecule has 0 amide bonds. The Morgan fingerprint density at radius 1 is 1.44 bits per heavy atom. The quantitative estimate of drug-likeness (QED) is 0.690. The van der Waals surface area contributed by atoms with Gasteiger partial charge in [-0.2, -0.15) is 4.31 Å². The number of carbonyl (C=O) groups is 1. The summed E-state index contributed by atoms with van der Waals surface area (Å²) >= 11 is 0. The van der Waals surface area contributed by atoms with Crippen LogP contribution in [0.25, 0.3) is 0 Å². The van der Waals surface area contributed by atoms with Crippen LogP contribution in [0.1, 0.15) is 26.7 Å². The highest BCUT2D eigenvalue weighted by molar-refractivity contribution is 7.89. The summed E-state index contributed by atoms with van der Waals surface area (Å²) in [6.45, 7) is 5.60. The van der Waals surface area contributed by atoms with E-state index in [4.69, 9.17) is 4.74 Å². The molecule has 7 heteroatoms. The Bertz CT molecular complexity index is 363. The van der Waals surface area contributed by atoms with Crippen LogP contribution in [0.3, 0.4) is 0 Å². The molecule has 1 fully saturated rings. The summed E-state index contributed by atoms with van der Waals surface area (Å²) in [5.74, 6) is -1.25. The molecule has 0 radical (unpaired) electrons. The molecule has 0 bridgehead atoms. The minimum atomic E-state index is -3.57. The molecule has 1 N–H and O–H groups in total. The third-order valence-electron chi connectivity index (χ3n) is 2.95. The van der Waals surface area contributed by atoms with Gasteiger partial charge in [0, 0.05) is 19.1 Å². The van der Waals surface area contributed by atoms with Gasteiger partial charge in [0.15, 0.2) is 5.75 Å². The predicted octanol–water partition coefficient (Wildman–Crippen LogP) is -0.0468. The zero-order valence-electron chi connectivity index (χ0n) is 11.0. The van der Waals surface area contributed by atoms with E-state index in [2.05, 4.69) is 5.32 Å². The highest BCUT2D eigenvalue weighted by Crippen LogP contribution is 2.15. The standard InChI is InChI=1S/C11H22N2O4S/c1-3-13(10-6-5-7-12-8-10)18(15,16)9-11(14)17-4-2/h10,12H,3-9H2,1-2H3. The van der Waals surface area contributed by atoms with E-state index < -0.39 is 21.7 Å². The van der Waals surface area contributed by atoms with Crippen LogP contribution in [-0.2, 0) is 19.6 Å². The topological polar surface area (TPSA) is 75.7 Å². The molecule has 0 spiro atoms. The first-order valence-electron chi connectivity index (χ1n) is 6.37. The van der Waals surface area contributed by atoms with Gasteiger partial charge in [0.1, 0.15) is 0 Å². The minimum Gasteiger partial charge on any atom is -0.465 e. The van der Waals surface area contributed by atoms with Crippen molar-refractivity contribution in [3.8, 4) is 0 Å². The summed E-state index contributed by atoms with van der Waals surface area (Å²) in [6, 6.07) is -0.0526. The zero-order chi connectivity index (χ0) is 13.6. The van der Waals surface area contributed by atoms with E-state index in [1.165, 1.54) is 4.31 Å². The number of likely N-dealkylation sites (N-methyl/N-ethyl adjacent to an activating group) is 1. The van der Waals surface area contributed by atoms with Crippen molar-refractivity contribution in [3.05, 3.63) is 0 Å². The first-order chi connectivity index (χ1) is 8.51. The van der Waals surface area contributed by atoms with E-state index >= 15 is 0 Å². The largest absolute Gasteiger partial charge is 0.465 e. The molecule has 0 saturated carbocycles. The molecule has 1 rings (SSSR count). The summed E-state index contributed by atoms with van der Waals surface area (Å²) in [5.41, 5.74) is 0. The van der Waals surface area contributed by atoms with Gasteiger partial charge in [0.2, 0.25) is 10.0 Å². The van der Waals surface area contributed by atoms with Crippen LogP contribution in [0, 0.1) is 0 Å². The average molecular weight is 278 g/mol. The third kappa shape index (κ3) is 4.22. The second kappa shape index (κ2) is 7.06. The summed E-state index contributed by atoms with van der Waals surface area (Å²) in [6.07, 6.45) is 1.79. The van der Waals surface area contributed by atoms with Crippen LogP contribution in [-0.4, -0.2) is 56.7 Å². The Hall–Kier alpha value is -0.660. The van der Waals surface area contributed by atoms with Crippen LogP contribution < -0.4 is 5.32 Å². The fourth-order valence-electron chi connectivity index (χ4n) is 2.20. The molecule has 1 aliphatic rings. The fourth-order valence-corrected chi connectivity index (χ4v) is 3.77. The Labute approximate surface area is 109 Å². The molecule has 0 aliphatic carbocycles. The van der Waals surface area contributed by atoms with Crippen molar-refractivity contribution >= 4 is 16.0 Å². The molecule has 1 atom stereocenters. The lowest BCUT2D eigenvalue weighted by molar-refractivity contribution is -0.140. The lowest BCUT2D eigenvalue weighted by Crippen LogP contribution is -2.49. The lowest BCUT2D eigenvalue weighted by Gasteiger charge is -2.32. The molecular formula is C11H22N2O4S. The minimum absolute atomic E-state index is 0.0526. The second-order valence-corrected chi connectivity index (χ2v) is 6.19. The van der Waals surface area contributed by atoms with Gasteiger partial charge < -0.3 is 10.1 Å². The number of nitrogens with zero attached hydrogens (tertiary/aromatic N) is 1. The first-order valence-corrected chi connectivity index (χ1v) is 7.98. The van der Waals surface area contributed by atoms with Crippen LogP contribution in [0.2, 0.25) is 0 Å². The second-order valence-electron chi connectivity index (χ2n) is 4.26. The van der Waals surface area contributed by atoms with Gasteiger partial charge in [0.05, 0.1) is 6.61 Å². The maximum atomic E-state index is 12.1. The summed E-state index contributed by atoms with van der Waals surface area (Å²) in [4.78, 5) is 11.3. The molecule has 0 aromatic rings. The highest BCUT2D eigenvalue weighted by Gasteiger charge is 2.31. The van der Waals surface area contributed by atoms with E-state index in [-0.39, 0.29) is 12.6 Å². The van der Waals surface area contributed by atoms with E-state index in [1.807, 2.05) is 0 Å². The van der Waals surface area contributed by atoms with Gasteiger partial charge >= 0.3 is 5.97 Å². The molecule has 1 unspecified atom stereocenters.